The largest absolute Gasteiger partial charge is 0.440 e. The molecule has 5 nitrogen and oxygen atoms in total. The van der Waals surface area contributed by atoms with Gasteiger partial charge in [-0.05, 0) is 19.1 Å². The van der Waals surface area contributed by atoms with E-state index < -0.39 is 5.91 Å². The molecule has 1 amide bonds. The fraction of sp³-hybridized carbons (Fsp3) is 0.250. The first-order valence-corrected chi connectivity index (χ1v) is 5.34. The van der Waals surface area contributed by atoms with Gasteiger partial charge in [0, 0.05) is 23.9 Å². The lowest BCUT2D eigenvalue weighted by Crippen LogP contribution is -2.13. The number of nitrogens with zero attached hydrogens (tertiary/aromatic N) is 2. The molecule has 2 aromatic rings. The van der Waals surface area contributed by atoms with Gasteiger partial charge in [0.2, 0.25) is 5.89 Å². The van der Waals surface area contributed by atoms with Gasteiger partial charge in [-0.15, -0.1) is 0 Å². The summed E-state index contributed by atoms with van der Waals surface area (Å²) in [7, 11) is 0. The number of primary amides is 1. The van der Waals surface area contributed by atoms with Crippen LogP contribution in [0.1, 0.15) is 28.9 Å². The maximum atomic E-state index is 11.2. The smallest absolute Gasteiger partial charge is 0.270 e. The Kier molecular flexibility index (Phi) is 2.91. The maximum absolute atomic E-state index is 11.2. The standard InChI is InChI=1S/C12H13N3O2/c1-3-9-10(11(13)16)15-12(17-9)8-4-5-14-7(2)6-8/h4-6H,3H2,1-2H3,(H2,13,16). The molecule has 0 aromatic carbocycles. The van der Waals surface area contributed by atoms with Crippen LogP contribution in [-0.2, 0) is 6.42 Å². The molecule has 2 heterocycles. The van der Waals surface area contributed by atoms with Crippen molar-refractivity contribution in [3.8, 4) is 11.5 Å². The fourth-order valence-electron chi connectivity index (χ4n) is 1.59. The molecule has 0 aliphatic carbocycles. The third kappa shape index (κ3) is 2.18. The summed E-state index contributed by atoms with van der Waals surface area (Å²) in [6, 6.07) is 3.62. The lowest BCUT2D eigenvalue weighted by molar-refractivity contribution is 0.0994. The summed E-state index contributed by atoms with van der Waals surface area (Å²) in [4.78, 5) is 19.4. The van der Waals surface area contributed by atoms with Gasteiger partial charge >= 0.3 is 0 Å². The summed E-state index contributed by atoms with van der Waals surface area (Å²) in [5, 5.41) is 0. The van der Waals surface area contributed by atoms with Gasteiger partial charge < -0.3 is 10.2 Å². The van der Waals surface area contributed by atoms with Gasteiger partial charge in [-0.25, -0.2) is 4.98 Å². The van der Waals surface area contributed by atoms with Crippen LogP contribution in [0.25, 0.3) is 11.5 Å². The number of nitrogens with two attached hydrogens (primary N) is 1. The summed E-state index contributed by atoms with van der Waals surface area (Å²) in [6.45, 7) is 3.76. The van der Waals surface area contributed by atoms with E-state index in [1.807, 2.05) is 19.9 Å². The monoisotopic (exact) mass is 231 g/mol. The first-order chi connectivity index (χ1) is 8.11. The van der Waals surface area contributed by atoms with Gasteiger partial charge in [0.1, 0.15) is 5.76 Å². The lowest BCUT2D eigenvalue weighted by atomic mass is 10.2. The molecule has 2 aromatic heterocycles. The van der Waals surface area contributed by atoms with Crippen LogP contribution in [-0.4, -0.2) is 15.9 Å². The Bertz CT molecular complexity index is 561. The second kappa shape index (κ2) is 4.37. The number of pyridine rings is 1. The van der Waals surface area contributed by atoms with Crippen LogP contribution in [0, 0.1) is 6.92 Å². The summed E-state index contributed by atoms with van der Waals surface area (Å²) in [5.41, 5.74) is 7.10. The molecule has 0 bridgehead atoms. The number of rotatable bonds is 3. The average molecular weight is 231 g/mol. The average Bonchev–Trinajstić information content (AvgIpc) is 2.73. The van der Waals surface area contributed by atoms with Gasteiger partial charge in [-0.1, -0.05) is 6.92 Å². The van der Waals surface area contributed by atoms with Crippen molar-refractivity contribution in [1.29, 1.82) is 0 Å². The fourth-order valence-corrected chi connectivity index (χ4v) is 1.59. The molecule has 5 heteroatoms. The van der Waals surface area contributed by atoms with E-state index in [1.165, 1.54) is 0 Å². The van der Waals surface area contributed by atoms with Crippen LogP contribution in [0.15, 0.2) is 22.7 Å². The Morgan fingerprint density at radius 1 is 1.53 bits per heavy atom. The second-order valence-corrected chi connectivity index (χ2v) is 3.69. The Morgan fingerprint density at radius 2 is 2.29 bits per heavy atom. The molecule has 0 unspecified atom stereocenters. The number of aromatic nitrogens is 2. The van der Waals surface area contributed by atoms with Gasteiger partial charge in [-0.3, -0.25) is 9.78 Å². The molecule has 0 aliphatic heterocycles. The molecule has 0 saturated carbocycles. The highest BCUT2D eigenvalue weighted by Crippen LogP contribution is 2.22. The van der Waals surface area contributed by atoms with Crippen LogP contribution < -0.4 is 5.73 Å². The van der Waals surface area contributed by atoms with E-state index in [0.29, 0.717) is 18.1 Å². The minimum Gasteiger partial charge on any atom is -0.440 e. The van der Waals surface area contributed by atoms with Crippen LogP contribution in [0.5, 0.6) is 0 Å². The molecular formula is C12H13N3O2. The van der Waals surface area contributed by atoms with Gasteiger partial charge in [-0.2, -0.15) is 0 Å². The van der Waals surface area contributed by atoms with Crippen LogP contribution in [0.2, 0.25) is 0 Å². The number of carbonyl (C=O) groups excluding carboxylic acids is 1. The lowest BCUT2D eigenvalue weighted by Gasteiger charge is -1.95. The number of amides is 1. The summed E-state index contributed by atoms with van der Waals surface area (Å²) in [5.74, 6) is 0.353. The maximum Gasteiger partial charge on any atom is 0.270 e. The Hall–Kier alpha value is -2.17. The molecule has 17 heavy (non-hydrogen) atoms. The van der Waals surface area contributed by atoms with E-state index in [1.54, 1.807) is 12.3 Å². The van der Waals surface area contributed by atoms with E-state index in [-0.39, 0.29) is 5.69 Å². The van der Waals surface area contributed by atoms with Crippen molar-refractivity contribution in [2.75, 3.05) is 0 Å². The highest BCUT2D eigenvalue weighted by atomic mass is 16.4. The van der Waals surface area contributed by atoms with Crippen molar-refractivity contribution in [3.05, 3.63) is 35.5 Å². The zero-order valence-electron chi connectivity index (χ0n) is 9.73. The van der Waals surface area contributed by atoms with Crippen molar-refractivity contribution in [3.63, 3.8) is 0 Å². The van der Waals surface area contributed by atoms with Crippen molar-refractivity contribution >= 4 is 5.91 Å². The zero-order chi connectivity index (χ0) is 12.4. The van der Waals surface area contributed by atoms with Gasteiger partial charge in [0.25, 0.3) is 5.91 Å². The number of oxazole rings is 1. The number of aryl methyl sites for hydroxylation is 2. The second-order valence-electron chi connectivity index (χ2n) is 3.69. The zero-order valence-corrected chi connectivity index (χ0v) is 9.73. The first-order valence-electron chi connectivity index (χ1n) is 5.34. The molecule has 0 saturated heterocycles. The molecule has 0 fully saturated rings. The van der Waals surface area contributed by atoms with E-state index in [9.17, 15) is 4.79 Å². The molecule has 2 rings (SSSR count). The van der Waals surface area contributed by atoms with Crippen molar-refractivity contribution < 1.29 is 9.21 Å². The normalized spacial score (nSPS) is 10.5. The first kappa shape index (κ1) is 11.3. The molecule has 88 valence electrons. The van der Waals surface area contributed by atoms with Crippen LogP contribution in [0.3, 0.4) is 0 Å². The van der Waals surface area contributed by atoms with E-state index in [0.717, 1.165) is 11.3 Å². The Morgan fingerprint density at radius 3 is 2.82 bits per heavy atom. The number of carbonyl (C=O) groups is 1. The molecular weight excluding hydrogens is 218 g/mol. The molecule has 0 atom stereocenters. The highest BCUT2D eigenvalue weighted by molar-refractivity contribution is 5.92. The predicted octanol–water partition coefficient (Wildman–Crippen LogP) is 1.71. The van der Waals surface area contributed by atoms with E-state index in [4.69, 9.17) is 10.2 Å². The van der Waals surface area contributed by atoms with E-state index >= 15 is 0 Å². The Labute approximate surface area is 98.7 Å². The highest BCUT2D eigenvalue weighted by Gasteiger charge is 2.17. The quantitative estimate of drug-likeness (QED) is 0.871. The number of hydrogen-bond donors (Lipinski definition) is 1. The Balaban J connectivity index is 2.50. The summed E-state index contributed by atoms with van der Waals surface area (Å²) >= 11 is 0. The van der Waals surface area contributed by atoms with Crippen molar-refractivity contribution in [2.24, 2.45) is 5.73 Å². The van der Waals surface area contributed by atoms with Crippen molar-refractivity contribution in [2.45, 2.75) is 20.3 Å². The van der Waals surface area contributed by atoms with Crippen molar-refractivity contribution in [1.82, 2.24) is 9.97 Å². The molecule has 0 spiro atoms. The summed E-state index contributed by atoms with van der Waals surface area (Å²) in [6.07, 6.45) is 2.25. The van der Waals surface area contributed by atoms with Gasteiger partial charge in [0.05, 0.1) is 0 Å². The summed E-state index contributed by atoms with van der Waals surface area (Å²) < 4.78 is 5.53. The number of hydrogen-bond acceptors (Lipinski definition) is 4. The minimum absolute atomic E-state index is 0.206. The van der Waals surface area contributed by atoms with E-state index in [2.05, 4.69) is 9.97 Å². The van der Waals surface area contributed by atoms with Crippen LogP contribution in [0.4, 0.5) is 0 Å². The topological polar surface area (TPSA) is 82.0 Å². The molecule has 0 aliphatic rings. The molecule has 0 radical (unpaired) electrons. The third-order valence-corrected chi connectivity index (χ3v) is 2.40. The van der Waals surface area contributed by atoms with Crippen LogP contribution >= 0.6 is 0 Å². The SMILES string of the molecule is CCc1oc(-c2ccnc(C)c2)nc1C(N)=O. The minimum atomic E-state index is -0.567. The molecule has 2 N–H and O–H groups in total. The third-order valence-electron chi connectivity index (χ3n) is 2.40. The predicted molar refractivity (Wildman–Crippen MR) is 62.4 cm³/mol. The van der Waals surface area contributed by atoms with Gasteiger partial charge in [0.15, 0.2) is 5.69 Å².